The SMILES string of the molecule is O=S(=O)(c1ccc(I)cc1)C1CC1. The smallest absolute Gasteiger partial charge is 0.181 e. The first-order valence-corrected chi connectivity index (χ1v) is 6.73. The maximum absolute atomic E-state index is 11.7. The molecule has 0 unspecified atom stereocenters. The lowest BCUT2D eigenvalue weighted by atomic mass is 10.4. The molecule has 0 amide bonds. The van der Waals surface area contributed by atoms with Gasteiger partial charge in [-0.25, -0.2) is 8.42 Å². The summed E-state index contributed by atoms with van der Waals surface area (Å²) in [6, 6.07) is 7.04. The molecule has 1 aromatic carbocycles. The van der Waals surface area contributed by atoms with Crippen LogP contribution >= 0.6 is 22.6 Å². The fourth-order valence-electron chi connectivity index (χ4n) is 1.20. The Morgan fingerprint density at radius 2 is 1.69 bits per heavy atom. The fraction of sp³-hybridized carbons (Fsp3) is 0.333. The largest absolute Gasteiger partial charge is 0.223 e. The Balaban J connectivity index is 2.40. The molecule has 0 N–H and O–H groups in total. The Morgan fingerprint density at radius 1 is 1.15 bits per heavy atom. The Labute approximate surface area is 91.4 Å². The van der Waals surface area contributed by atoms with Crippen molar-refractivity contribution in [2.45, 2.75) is 23.0 Å². The lowest BCUT2D eigenvalue weighted by Gasteiger charge is -2.01. The molecule has 2 nitrogen and oxygen atoms in total. The molecule has 4 heteroatoms. The normalized spacial score (nSPS) is 17.3. The third-order valence-electron chi connectivity index (χ3n) is 2.11. The van der Waals surface area contributed by atoms with E-state index in [0.29, 0.717) is 4.90 Å². The molecule has 0 saturated heterocycles. The molecule has 0 aromatic heterocycles. The van der Waals surface area contributed by atoms with Crippen molar-refractivity contribution < 1.29 is 8.42 Å². The number of hydrogen-bond donors (Lipinski definition) is 0. The van der Waals surface area contributed by atoms with Crippen LogP contribution in [0.1, 0.15) is 12.8 Å². The summed E-state index contributed by atoms with van der Waals surface area (Å²) < 4.78 is 24.5. The van der Waals surface area contributed by atoms with E-state index < -0.39 is 9.84 Å². The van der Waals surface area contributed by atoms with Gasteiger partial charge in [-0.1, -0.05) is 0 Å². The average Bonchev–Trinajstić information content (AvgIpc) is 2.87. The summed E-state index contributed by atoms with van der Waals surface area (Å²) in [5.74, 6) is 0. The van der Waals surface area contributed by atoms with Crippen LogP contribution in [0.15, 0.2) is 29.2 Å². The molecular weight excluding hydrogens is 299 g/mol. The van der Waals surface area contributed by atoms with Gasteiger partial charge in [0.25, 0.3) is 0 Å². The minimum atomic E-state index is -2.99. The van der Waals surface area contributed by atoms with Crippen LogP contribution in [0.5, 0.6) is 0 Å². The zero-order valence-corrected chi connectivity index (χ0v) is 9.88. The van der Waals surface area contributed by atoms with E-state index in [-0.39, 0.29) is 5.25 Å². The molecule has 0 aliphatic heterocycles. The highest BCUT2D eigenvalue weighted by Crippen LogP contribution is 2.33. The van der Waals surface area contributed by atoms with Crippen molar-refractivity contribution in [3.63, 3.8) is 0 Å². The van der Waals surface area contributed by atoms with Gasteiger partial charge in [-0.3, -0.25) is 0 Å². The molecule has 0 bridgehead atoms. The predicted octanol–water partition coefficient (Wildman–Crippen LogP) is 2.23. The van der Waals surface area contributed by atoms with Crippen LogP contribution in [0.2, 0.25) is 0 Å². The zero-order valence-electron chi connectivity index (χ0n) is 6.90. The summed E-state index contributed by atoms with van der Waals surface area (Å²) in [6.07, 6.45) is 1.66. The summed E-state index contributed by atoms with van der Waals surface area (Å²) in [5, 5.41) is -0.104. The molecule has 1 aliphatic rings. The summed E-state index contributed by atoms with van der Waals surface area (Å²) in [5.41, 5.74) is 0. The quantitative estimate of drug-likeness (QED) is 0.785. The van der Waals surface area contributed by atoms with Crippen molar-refractivity contribution in [3.8, 4) is 0 Å². The van der Waals surface area contributed by atoms with E-state index in [2.05, 4.69) is 22.6 Å². The molecule has 1 fully saturated rings. The van der Waals surface area contributed by atoms with Crippen LogP contribution in [-0.2, 0) is 9.84 Å². The first kappa shape index (κ1) is 9.45. The first-order chi connectivity index (χ1) is 6.10. The number of sulfone groups is 1. The van der Waals surface area contributed by atoms with E-state index in [1.807, 2.05) is 12.1 Å². The van der Waals surface area contributed by atoms with E-state index in [4.69, 9.17) is 0 Å². The number of halogens is 1. The summed E-state index contributed by atoms with van der Waals surface area (Å²) in [7, 11) is -2.99. The summed E-state index contributed by atoms with van der Waals surface area (Å²) in [4.78, 5) is 0.468. The lowest BCUT2D eigenvalue weighted by Crippen LogP contribution is -2.06. The predicted molar refractivity (Wildman–Crippen MR) is 59.4 cm³/mol. The molecule has 0 radical (unpaired) electrons. The minimum absolute atomic E-state index is 0.104. The first-order valence-electron chi connectivity index (χ1n) is 4.10. The van der Waals surface area contributed by atoms with Crippen molar-refractivity contribution in [3.05, 3.63) is 27.8 Å². The Kier molecular flexibility index (Phi) is 2.35. The molecular formula is C9H9IO2S. The molecule has 70 valence electrons. The van der Waals surface area contributed by atoms with Crippen LogP contribution in [0.25, 0.3) is 0 Å². The number of benzene rings is 1. The Morgan fingerprint density at radius 3 is 2.15 bits per heavy atom. The van der Waals surface area contributed by atoms with Gasteiger partial charge >= 0.3 is 0 Å². The van der Waals surface area contributed by atoms with Gasteiger partial charge in [-0.2, -0.15) is 0 Å². The zero-order chi connectivity index (χ0) is 9.47. The second-order valence-corrected chi connectivity index (χ2v) is 6.67. The second-order valence-electron chi connectivity index (χ2n) is 3.20. The molecule has 1 saturated carbocycles. The van der Waals surface area contributed by atoms with Gasteiger partial charge in [0.1, 0.15) is 0 Å². The van der Waals surface area contributed by atoms with Crippen molar-refractivity contribution >= 4 is 32.4 Å². The van der Waals surface area contributed by atoms with Gasteiger partial charge in [-0.15, -0.1) is 0 Å². The highest BCUT2D eigenvalue weighted by Gasteiger charge is 2.36. The molecule has 13 heavy (non-hydrogen) atoms. The Bertz CT molecular complexity index is 404. The standard InChI is InChI=1S/C9H9IO2S/c10-7-1-3-8(4-2-7)13(11,12)9-5-6-9/h1-4,9H,5-6H2. The van der Waals surface area contributed by atoms with Gasteiger partial charge < -0.3 is 0 Å². The van der Waals surface area contributed by atoms with Crippen LogP contribution in [0, 0.1) is 3.57 Å². The van der Waals surface area contributed by atoms with Gasteiger partial charge in [0.2, 0.25) is 0 Å². The Hall–Kier alpha value is -0.100. The molecule has 0 spiro atoms. The van der Waals surface area contributed by atoms with Crippen molar-refractivity contribution in [1.29, 1.82) is 0 Å². The lowest BCUT2D eigenvalue weighted by molar-refractivity contribution is 0.595. The van der Waals surface area contributed by atoms with Gasteiger partial charge in [0, 0.05) is 3.57 Å². The summed E-state index contributed by atoms with van der Waals surface area (Å²) >= 11 is 2.16. The minimum Gasteiger partial charge on any atom is -0.223 e. The van der Waals surface area contributed by atoms with Crippen LogP contribution < -0.4 is 0 Å². The molecule has 0 heterocycles. The van der Waals surface area contributed by atoms with E-state index in [9.17, 15) is 8.42 Å². The topological polar surface area (TPSA) is 34.1 Å². The van der Waals surface area contributed by atoms with Crippen LogP contribution in [0.4, 0.5) is 0 Å². The third-order valence-corrected chi connectivity index (χ3v) is 5.10. The van der Waals surface area contributed by atoms with E-state index in [1.54, 1.807) is 12.1 Å². The molecule has 2 rings (SSSR count). The van der Waals surface area contributed by atoms with Crippen molar-refractivity contribution in [2.75, 3.05) is 0 Å². The molecule has 0 atom stereocenters. The second kappa shape index (κ2) is 3.24. The van der Waals surface area contributed by atoms with Crippen molar-refractivity contribution in [2.24, 2.45) is 0 Å². The number of hydrogen-bond acceptors (Lipinski definition) is 2. The fourth-order valence-corrected chi connectivity index (χ4v) is 3.21. The summed E-state index contributed by atoms with van der Waals surface area (Å²) in [6.45, 7) is 0. The van der Waals surface area contributed by atoms with Gasteiger partial charge in [-0.05, 0) is 59.7 Å². The van der Waals surface area contributed by atoms with Crippen molar-refractivity contribution in [1.82, 2.24) is 0 Å². The molecule has 1 aliphatic carbocycles. The van der Waals surface area contributed by atoms with Crippen LogP contribution in [0.3, 0.4) is 0 Å². The van der Waals surface area contributed by atoms with Crippen LogP contribution in [-0.4, -0.2) is 13.7 Å². The monoisotopic (exact) mass is 308 g/mol. The molecule has 1 aromatic rings. The number of rotatable bonds is 2. The van der Waals surface area contributed by atoms with E-state index in [1.165, 1.54) is 0 Å². The van der Waals surface area contributed by atoms with E-state index in [0.717, 1.165) is 16.4 Å². The maximum Gasteiger partial charge on any atom is 0.181 e. The van der Waals surface area contributed by atoms with Gasteiger partial charge in [0.15, 0.2) is 9.84 Å². The maximum atomic E-state index is 11.7. The highest BCUT2D eigenvalue weighted by molar-refractivity contribution is 14.1. The third kappa shape index (κ3) is 1.88. The highest BCUT2D eigenvalue weighted by atomic mass is 127. The van der Waals surface area contributed by atoms with Gasteiger partial charge in [0.05, 0.1) is 10.1 Å². The van der Waals surface area contributed by atoms with E-state index >= 15 is 0 Å². The average molecular weight is 308 g/mol.